The maximum absolute atomic E-state index is 4.32. The van der Waals surface area contributed by atoms with Gasteiger partial charge < -0.3 is 0 Å². The third-order valence-corrected chi connectivity index (χ3v) is 2.27. The summed E-state index contributed by atoms with van der Waals surface area (Å²) >= 11 is 0. The number of nitrogens with one attached hydrogen (secondary N) is 1. The van der Waals surface area contributed by atoms with Gasteiger partial charge >= 0.3 is 0 Å². The van der Waals surface area contributed by atoms with Crippen molar-refractivity contribution in [2.24, 2.45) is 0 Å². The second-order valence-electron chi connectivity index (χ2n) is 3.90. The average Bonchev–Trinajstić information content (AvgIpc) is 2.74. The Kier molecular flexibility index (Phi) is 3.26. The topological polar surface area (TPSA) is 57.7 Å². The fourth-order valence-corrected chi connectivity index (χ4v) is 1.50. The number of hydrogen-bond acceptors (Lipinski definition) is 4. The van der Waals surface area contributed by atoms with Crippen LogP contribution in [0.5, 0.6) is 0 Å². The molecule has 0 bridgehead atoms. The van der Waals surface area contributed by atoms with Crippen molar-refractivity contribution >= 4 is 0 Å². The predicted molar refractivity (Wildman–Crippen MR) is 60.5 cm³/mol. The standard InChI is InChI=1S/C11H15N5/c1-9-5-13-11(6-12-9)8-16(2)7-10-3-4-14-15-10/h3-6H,7-8H2,1-2H3,(H,14,15). The third kappa shape index (κ3) is 2.87. The van der Waals surface area contributed by atoms with Gasteiger partial charge in [-0.1, -0.05) is 0 Å². The summed E-state index contributed by atoms with van der Waals surface area (Å²) < 4.78 is 0. The van der Waals surface area contributed by atoms with Crippen molar-refractivity contribution in [3.05, 3.63) is 41.7 Å². The van der Waals surface area contributed by atoms with Crippen molar-refractivity contribution in [1.82, 2.24) is 25.1 Å². The van der Waals surface area contributed by atoms with Gasteiger partial charge in [0.2, 0.25) is 0 Å². The van der Waals surface area contributed by atoms with Gasteiger partial charge in [-0.2, -0.15) is 5.10 Å². The monoisotopic (exact) mass is 217 g/mol. The highest BCUT2D eigenvalue weighted by Gasteiger charge is 2.03. The molecule has 2 aromatic heterocycles. The van der Waals surface area contributed by atoms with Crippen LogP contribution in [-0.2, 0) is 13.1 Å². The van der Waals surface area contributed by atoms with Crippen LogP contribution >= 0.6 is 0 Å². The molecule has 16 heavy (non-hydrogen) atoms. The maximum Gasteiger partial charge on any atom is 0.0727 e. The van der Waals surface area contributed by atoms with Crippen LogP contribution in [0, 0.1) is 6.92 Å². The van der Waals surface area contributed by atoms with E-state index in [1.54, 1.807) is 12.4 Å². The molecule has 2 rings (SSSR count). The Hall–Kier alpha value is -1.75. The van der Waals surface area contributed by atoms with Crippen molar-refractivity contribution in [2.75, 3.05) is 7.05 Å². The SMILES string of the molecule is Cc1cnc(CN(C)Cc2ccn[nH]2)cn1. The second kappa shape index (κ2) is 4.85. The molecule has 5 heteroatoms. The highest BCUT2D eigenvalue weighted by Crippen LogP contribution is 2.03. The Morgan fingerprint density at radius 1 is 1.25 bits per heavy atom. The van der Waals surface area contributed by atoms with Crippen LogP contribution in [-0.4, -0.2) is 32.1 Å². The Bertz CT molecular complexity index is 420. The van der Waals surface area contributed by atoms with Gasteiger partial charge in [0, 0.05) is 37.4 Å². The van der Waals surface area contributed by atoms with E-state index in [-0.39, 0.29) is 0 Å². The van der Waals surface area contributed by atoms with Crippen LogP contribution in [0.3, 0.4) is 0 Å². The molecule has 0 aliphatic carbocycles. The number of aromatic nitrogens is 4. The number of aryl methyl sites for hydroxylation is 1. The lowest BCUT2D eigenvalue weighted by atomic mass is 10.3. The number of rotatable bonds is 4. The van der Waals surface area contributed by atoms with Gasteiger partial charge in [0.05, 0.1) is 11.4 Å². The van der Waals surface area contributed by atoms with E-state index in [1.807, 2.05) is 26.2 Å². The van der Waals surface area contributed by atoms with E-state index in [9.17, 15) is 0 Å². The van der Waals surface area contributed by atoms with Crippen LogP contribution in [0.2, 0.25) is 0 Å². The van der Waals surface area contributed by atoms with E-state index in [1.165, 1.54) is 0 Å². The molecule has 0 saturated carbocycles. The van der Waals surface area contributed by atoms with Gasteiger partial charge in [-0.25, -0.2) is 0 Å². The molecular weight excluding hydrogens is 202 g/mol. The van der Waals surface area contributed by atoms with Gasteiger partial charge in [-0.05, 0) is 20.0 Å². The molecule has 0 unspecified atom stereocenters. The van der Waals surface area contributed by atoms with Crippen molar-refractivity contribution < 1.29 is 0 Å². The van der Waals surface area contributed by atoms with Gasteiger partial charge in [-0.15, -0.1) is 0 Å². The van der Waals surface area contributed by atoms with Crippen LogP contribution in [0.25, 0.3) is 0 Å². The Labute approximate surface area is 94.5 Å². The van der Waals surface area contributed by atoms with E-state index in [0.717, 1.165) is 30.2 Å². The van der Waals surface area contributed by atoms with Gasteiger partial charge in [0.1, 0.15) is 0 Å². The summed E-state index contributed by atoms with van der Waals surface area (Å²) in [7, 11) is 2.04. The van der Waals surface area contributed by atoms with E-state index in [2.05, 4.69) is 25.1 Å². The molecule has 0 fully saturated rings. The molecule has 0 aliphatic heterocycles. The lowest BCUT2D eigenvalue weighted by molar-refractivity contribution is 0.310. The van der Waals surface area contributed by atoms with Crippen molar-refractivity contribution in [3.63, 3.8) is 0 Å². The number of nitrogens with zero attached hydrogens (tertiary/aromatic N) is 4. The van der Waals surface area contributed by atoms with Crippen LogP contribution < -0.4 is 0 Å². The fraction of sp³-hybridized carbons (Fsp3) is 0.364. The number of hydrogen-bond donors (Lipinski definition) is 1. The first-order chi connectivity index (χ1) is 7.74. The minimum atomic E-state index is 0.784. The zero-order chi connectivity index (χ0) is 11.4. The first-order valence-corrected chi connectivity index (χ1v) is 5.18. The minimum Gasteiger partial charge on any atom is -0.295 e. The zero-order valence-corrected chi connectivity index (χ0v) is 9.51. The summed E-state index contributed by atoms with van der Waals surface area (Å²) in [6, 6.07) is 1.97. The van der Waals surface area contributed by atoms with Crippen molar-refractivity contribution in [3.8, 4) is 0 Å². The average molecular weight is 217 g/mol. The maximum atomic E-state index is 4.32. The molecular formula is C11H15N5. The van der Waals surface area contributed by atoms with E-state index >= 15 is 0 Å². The van der Waals surface area contributed by atoms with E-state index in [0.29, 0.717) is 0 Å². The molecule has 5 nitrogen and oxygen atoms in total. The summed E-state index contributed by atoms with van der Waals surface area (Å²) in [5.41, 5.74) is 3.02. The fourth-order valence-electron chi connectivity index (χ4n) is 1.50. The summed E-state index contributed by atoms with van der Waals surface area (Å²) in [5.74, 6) is 0. The quantitative estimate of drug-likeness (QED) is 0.834. The van der Waals surface area contributed by atoms with Crippen LogP contribution in [0.1, 0.15) is 17.1 Å². The predicted octanol–water partition coefficient (Wildman–Crippen LogP) is 1.14. The lowest BCUT2D eigenvalue weighted by Crippen LogP contribution is -2.18. The van der Waals surface area contributed by atoms with E-state index < -0.39 is 0 Å². The van der Waals surface area contributed by atoms with Crippen LogP contribution in [0.4, 0.5) is 0 Å². The summed E-state index contributed by atoms with van der Waals surface area (Å²) in [5, 5.41) is 6.85. The molecule has 2 aromatic rings. The van der Waals surface area contributed by atoms with Crippen molar-refractivity contribution in [2.45, 2.75) is 20.0 Å². The molecule has 0 radical (unpaired) electrons. The number of H-pyrrole nitrogens is 1. The van der Waals surface area contributed by atoms with Crippen LogP contribution in [0.15, 0.2) is 24.7 Å². The number of aromatic amines is 1. The van der Waals surface area contributed by atoms with Gasteiger partial charge in [-0.3, -0.25) is 20.0 Å². The highest BCUT2D eigenvalue weighted by molar-refractivity contribution is 5.01. The Morgan fingerprint density at radius 3 is 2.75 bits per heavy atom. The second-order valence-corrected chi connectivity index (χ2v) is 3.90. The molecule has 0 aromatic carbocycles. The molecule has 2 heterocycles. The molecule has 0 aliphatic rings. The smallest absolute Gasteiger partial charge is 0.0727 e. The molecule has 84 valence electrons. The van der Waals surface area contributed by atoms with Gasteiger partial charge in [0.15, 0.2) is 0 Å². The summed E-state index contributed by atoms with van der Waals surface area (Å²) in [6.45, 7) is 3.55. The minimum absolute atomic E-state index is 0.784. The molecule has 0 saturated heterocycles. The highest BCUT2D eigenvalue weighted by atomic mass is 15.2. The Morgan fingerprint density at radius 2 is 2.12 bits per heavy atom. The molecule has 0 spiro atoms. The lowest BCUT2D eigenvalue weighted by Gasteiger charge is -2.14. The third-order valence-electron chi connectivity index (χ3n) is 2.27. The first kappa shape index (κ1) is 10.8. The largest absolute Gasteiger partial charge is 0.295 e. The summed E-state index contributed by atoms with van der Waals surface area (Å²) in [6.07, 6.45) is 5.37. The first-order valence-electron chi connectivity index (χ1n) is 5.18. The molecule has 0 amide bonds. The zero-order valence-electron chi connectivity index (χ0n) is 9.51. The summed E-state index contributed by atoms with van der Waals surface area (Å²) in [4.78, 5) is 10.7. The van der Waals surface area contributed by atoms with E-state index in [4.69, 9.17) is 0 Å². The normalized spacial score (nSPS) is 10.9. The van der Waals surface area contributed by atoms with Crippen molar-refractivity contribution in [1.29, 1.82) is 0 Å². The molecule has 1 N–H and O–H groups in total. The Balaban J connectivity index is 1.92. The van der Waals surface area contributed by atoms with Gasteiger partial charge in [0.25, 0.3) is 0 Å². The molecule has 0 atom stereocenters.